The van der Waals surface area contributed by atoms with Gasteiger partial charge in [0.25, 0.3) is 0 Å². The van der Waals surface area contributed by atoms with Crippen molar-refractivity contribution in [3.8, 4) is 0 Å². The van der Waals surface area contributed by atoms with Crippen LogP contribution in [0.2, 0.25) is 0 Å². The van der Waals surface area contributed by atoms with Crippen molar-refractivity contribution in [2.24, 2.45) is 0 Å². The van der Waals surface area contributed by atoms with Crippen molar-refractivity contribution in [1.29, 1.82) is 0 Å². The lowest BCUT2D eigenvalue weighted by atomic mass is 10.5. The Bertz CT molecular complexity index is 179. The Hall–Kier alpha value is -0.480. The zero-order chi connectivity index (χ0) is 10.8. The summed E-state index contributed by atoms with van der Waals surface area (Å²) in [7, 11) is 1.38. The first-order valence-corrected chi connectivity index (χ1v) is 5.87. The standard InChI is InChI=1S/C10H19NO2S/c1-4-11(5-2)7-9-14-8-6-10(12)13-3/h6,8H,4-5,7,9H2,1-3H3. The number of ether oxygens (including phenoxy) is 1. The lowest BCUT2D eigenvalue weighted by Crippen LogP contribution is -2.25. The molecule has 0 saturated carbocycles. The van der Waals surface area contributed by atoms with E-state index in [0.717, 1.165) is 25.4 Å². The molecule has 0 radical (unpaired) electrons. The van der Waals surface area contributed by atoms with Gasteiger partial charge >= 0.3 is 5.97 Å². The molecule has 0 aromatic heterocycles. The summed E-state index contributed by atoms with van der Waals surface area (Å²) in [5.74, 6) is 0.718. The third-order valence-corrected chi connectivity index (χ3v) is 2.67. The molecule has 0 rings (SSSR count). The van der Waals surface area contributed by atoms with Crippen LogP contribution in [0.3, 0.4) is 0 Å². The van der Waals surface area contributed by atoms with Crippen molar-refractivity contribution in [2.75, 3.05) is 32.5 Å². The highest BCUT2D eigenvalue weighted by Gasteiger charge is 1.97. The highest BCUT2D eigenvalue weighted by atomic mass is 32.2. The predicted octanol–water partition coefficient (Wildman–Crippen LogP) is 1.75. The first-order chi connectivity index (χ1) is 6.74. The van der Waals surface area contributed by atoms with E-state index in [4.69, 9.17) is 0 Å². The third kappa shape index (κ3) is 6.97. The molecule has 3 nitrogen and oxygen atoms in total. The maximum absolute atomic E-state index is 10.7. The molecule has 0 aliphatic rings. The summed E-state index contributed by atoms with van der Waals surface area (Å²) in [5, 5.41) is 1.79. The normalized spacial score (nSPS) is 11.1. The molecule has 0 atom stereocenters. The number of esters is 1. The summed E-state index contributed by atoms with van der Waals surface area (Å²) in [5.41, 5.74) is 0. The van der Waals surface area contributed by atoms with Gasteiger partial charge in [0.15, 0.2) is 0 Å². The number of hydrogen-bond donors (Lipinski definition) is 0. The molecule has 14 heavy (non-hydrogen) atoms. The second kappa shape index (κ2) is 9.09. The van der Waals surface area contributed by atoms with E-state index in [1.54, 1.807) is 17.2 Å². The summed E-state index contributed by atoms with van der Waals surface area (Å²) in [6, 6.07) is 0. The van der Waals surface area contributed by atoms with Gasteiger partial charge in [0.05, 0.1) is 7.11 Å². The molecule has 0 heterocycles. The van der Waals surface area contributed by atoms with Gasteiger partial charge in [0.1, 0.15) is 0 Å². The molecule has 0 N–H and O–H groups in total. The zero-order valence-corrected chi connectivity index (χ0v) is 9.97. The maximum Gasteiger partial charge on any atom is 0.330 e. The van der Waals surface area contributed by atoms with Crippen molar-refractivity contribution in [1.82, 2.24) is 4.90 Å². The van der Waals surface area contributed by atoms with E-state index < -0.39 is 0 Å². The maximum atomic E-state index is 10.7. The van der Waals surface area contributed by atoms with Gasteiger partial charge in [-0.15, -0.1) is 11.8 Å². The van der Waals surface area contributed by atoms with Crippen LogP contribution >= 0.6 is 11.8 Å². The minimum Gasteiger partial charge on any atom is -0.466 e. The molecule has 0 amide bonds. The second-order valence-electron chi connectivity index (χ2n) is 2.72. The van der Waals surface area contributed by atoms with Crippen LogP contribution in [0.5, 0.6) is 0 Å². The Morgan fingerprint density at radius 3 is 2.57 bits per heavy atom. The number of nitrogens with zero attached hydrogens (tertiary/aromatic N) is 1. The summed E-state index contributed by atoms with van der Waals surface area (Å²) >= 11 is 1.63. The Morgan fingerprint density at radius 2 is 2.07 bits per heavy atom. The minimum absolute atomic E-state index is 0.291. The molecular weight excluding hydrogens is 198 g/mol. The van der Waals surface area contributed by atoms with Crippen molar-refractivity contribution in [3.05, 3.63) is 11.5 Å². The van der Waals surface area contributed by atoms with Crippen LogP contribution in [0.25, 0.3) is 0 Å². The first-order valence-electron chi connectivity index (χ1n) is 4.83. The monoisotopic (exact) mass is 217 g/mol. The van der Waals surface area contributed by atoms with E-state index in [2.05, 4.69) is 23.5 Å². The Kier molecular flexibility index (Phi) is 8.78. The number of hydrogen-bond acceptors (Lipinski definition) is 4. The van der Waals surface area contributed by atoms with Crippen molar-refractivity contribution >= 4 is 17.7 Å². The van der Waals surface area contributed by atoms with E-state index in [-0.39, 0.29) is 5.97 Å². The topological polar surface area (TPSA) is 29.5 Å². The Balaban J connectivity index is 3.45. The molecule has 0 aliphatic carbocycles. The second-order valence-corrected chi connectivity index (χ2v) is 3.74. The Labute approximate surface area is 90.5 Å². The summed E-state index contributed by atoms with van der Waals surface area (Å²) < 4.78 is 4.47. The zero-order valence-electron chi connectivity index (χ0n) is 9.16. The largest absolute Gasteiger partial charge is 0.466 e. The number of thioether (sulfide) groups is 1. The molecule has 0 fully saturated rings. The third-order valence-electron chi connectivity index (χ3n) is 1.92. The van der Waals surface area contributed by atoms with Crippen molar-refractivity contribution in [2.45, 2.75) is 13.8 Å². The van der Waals surface area contributed by atoms with Gasteiger partial charge in [-0.05, 0) is 18.5 Å². The molecule has 0 unspecified atom stereocenters. The highest BCUT2D eigenvalue weighted by Crippen LogP contribution is 2.02. The molecule has 0 bridgehead atoms. The quantitative estimate of drug-likeness (QED) is 0.369. The lowest BCUT2D eigenvalue weighted by molar-refractivity contribution is -0.134. The van der Waals surface area contributed by atoms with E-state index >= 15 is 0 Å². The molecule has 0 aliphatic heterocycles. The molecular formula is C10H19NO2S. The average Bonchev–Trinajstić information content (AvgIpc) is 2.23. The fourth-order valence-electron chi connectivity index (χ4n) is 0.961. The lowest BCUT2D eigenvalue weighted by Gasteiger charge is -2.16. The average molecular weight is 217 g/mol. The van der Waals surface area contributed by atoms with E-state index in [1.165, 1.54) is 13.2 Å². The van der Waals surface area contributed by atoms with Crippen LogP contribution in [-0.4, -0.2) is 43.4 Å². The van der Waals surface area contributed by atoms with Crippen molar-refractivity contribution in [3.63, 3.8) is 0 Å². The smallest absolute Gasteiger partial charge is 0.330 e. The fourth-order valence-corrected chi connectivity index (χ4v) is 1.67. The first kappa shape index (κ1) is 13.5. The molecule has 4 heteroatoms. The van der Waals surface area contributed by atoms with Gasteiger partial charge in [0, 0.05) is 18.4 Å². The van der Waals surface area contributed by atoms with Crippen LogP contribution in [-0.2, 0) is 9.53 Å². The SMILES string of the molecule is CCN(CC)CCSC=CC(=O)OC. The van der Waals surface area contributed by atoms with Gasteiger partial charge in [-0.3, -0.25) is 0 Å². The highest BCUT2D eigenvalue weighted by molar-refractivity contribution is 8.02. The van der Waals surface area contributed by atoms with Gasteiger partial charge in [0.2, 0.25) is 0 Å². The Morgan fingerprint density at radius 1 is 1.43 bits per heavy atom. The van der Waals surface area contributed by atoms with Gasteiger partial charge in [-0.2, -0.15) is 0 Å². The summed E-state index contributed by atoms with van der Waals surface area (Å²) in [4.78, 5) is 13.0. The minimum atomic E-state index is -0.291. The van der Waals surface area contributed by atoms with Crippen LogP contribution in [0, 0.1) is 0 Å². The van der Waals surface area contributed by atoms with Crippen LogP contribution < -0.4 is 0 Å². The summed E-state index contributed by atoms with van der Waals surface area (Å²) in [6.07, 6.45) is 1.45. The van der Waals surface area contributed by atoms with Gasteiger partial charge < -0.3 is 9.64 Å². The van der Waals surface area contributed by atoms with Crippen LogP contribution in [0.15, 0.2) is 11.5 Å². The molecule has 0 saturated heterocycles. The van der Waals surface area contributed by atoms with Crippen LogP contribution in [0.4, 0.5) is 0 Å². The van der Waals surface area contributed by atoms with E-state index in [9.17, 15) is 4.79 Å². The number of carbonyl (C=O) groups is 1. The van der Waals surface area contributed by atoms with E-state index in [1.807, 2.05) is 0 Å². The predicted molar refractivity (Wildman–Crippen MR) is 61.4 cm³/mol. The van der Waals surface area contributed by atoms with Gasteiger partial charge in [-0.25, -0.2) is 4.79 Å². The summed E-state index contributed by atoms with van der Waals surface area (Å²) in [6.45, 7) is 7.52. The molecule has 0 spiro atoms. The van der Waals surface area contributed by atoms with E-state index in [0.29, 0.717) is 0 Å². The van der Waals surface area contributed by atoms with Gasteiger partial charge in [-0.1, -0.05) is 13.8 Å². The number of methoxy groups -OCH3 is 1. The fraction of sp³-hybridized carbons (Fsp3) is 0.700. The molecule has 0 aromatic carbocycles. The molecule has 0 aromatic rings. The van der Waals surface area contributed by atoms with Crippen molar-refractivity contribution < 1.29 is 9.53 Å². The van der Waals surface area contributed by atoms with Crippen LogP contribution in [0.1, 0.15) is 13.8 Å². The molecule has 82 valence electrons. The number of rotatable bonds is 7. The number of carbonyl (C=O) groups excluding carboxylic acids is 1.